The van der Waals surface area contributed by atoms with E-state index in [1.165, 1.54) is 6.42 Å². The van der Waals surface area contributed by atoms with Gasteiger partial charge in [-0.2, -0.15) is 0 Å². The van der Waals surface area contributed by atoms with E-state index in [2.05, 4.69) is 4.98 Å². The van der Waals surface area contributed by atoms with Gasteiger partial charge in [-0.05, 0) is 31.0 Å². The van der Waals surface area contributed by atoms with Gasteiger partial charge in [-0.3, -0.25) is 9.36 Å². The third-order valence-electron chi connectivity index (χ3n) is 3.34. The molecule has 0 saturated heterocycles. The zero-order valence-corrected chi connectivity index (χ0v) is 9.65. The van der Waals surface area contributed by atoms with Gasteiger partial charge < -0.3 is 5.73 Å². The lowest BCUT2D eigenvalue weighted by Gasteiger charge is -2.10. The van der Waals surface area contributed by atoms with E-state index in [1.807, 2.05) is 4.57 Å². The molecule has 0 amide bonds. The van der Waals surface area contributed by atoms with Crippen LogP contribution < -0.4 is 11.3 Å². The van der Waals surface area contributed by atoms with Crippen molar-refractivity contribution >= 4 is 16.6 Å². The zero-order chi connectivity index (χ0) is 11.8. The highest BCUT2D eigenvalue weighted by atomic mass is 16.1. The van der Waals surface area contributed by atoms with E-state index in [0.29, 0.717) is 11.1 Å². The van der Waals surface area contributed by atoms with E-state index in [9.17, 15) is 4.79 Å². The molecule has 0 aliphatic carbocycles. The summed E-state index contributed by atoms with van der Waals surface area (Å²) < 4.78 is 1.82. The van der Waals surface area contributed by atoms with Crippen LogP contribution in [0.15, 0.2) is 23.0 Å². The largest absolute Gasteiger partial charge is 0.399 e. The van der Waals surface area contributed by atoms with Crippen molar-refractivity contribution in [3.63, 3.8) is 0 Å². The first-order valence-corrected chi connectivity index (χ1v) is 6.05. The van der Waals surface area contributed by atoms with Crippen molar-refractivity contribution in [2.75, 3.05) is 5.73 Å². The first kappa shape index (κ1) is 10.3. The van der Waals surface area contributed by atoms with Gasteiger partial charge in [-0.15, -0.1) is 0 Å². The quantitative estimate of drug-likeness (QED) is 0.699. The summed E-state index contributed by atoms with van der Waals surface area (Å²) in [6.07, 6.45) is 4.23. The van der Waals surface area contributed by atoms with E-state index in [-0.39, 0.29) is 5.56 Å². The SMILES string of the molecule is Nc1ccc2c(=O)n3c(nc2c1)CCCCC3. The Morgan fingerprint density at radius 3 is 3.00 bits per heavy atom. The fraction of sp³-hybridized carbons (Fsp3) is 0.385. The molecule has 1 aromatic carbocycles. The Labute approximate surface area is 99.1 Å². The molecular formula is C13H15N3O. The van der Waals surface area contributed by atoms with Gasteiger partial charge in [0.15, 0.2) is 0 Å². The van der Waals surface area contributed by atoms with Gasteiger partial charge in [0.25, 0.3) is 5.56 Å². The van der Waals surface area contributed by atoms with Crippen molar-refractivity contribution in [1.82, 2.24) is 9.55 Å². The molecule has 2 heterocycles. The molecule has 0 fully saturated rings. The lowest BCUT2D eigenvalue weighted by atomic mass is 10.2. The predicted octanol–water partition coefficient (Wildman–Crippen LogP) is 1.71. The van der Waals surface area contributed by atoms with Crippen molar-refractivity contribution in [3.8, 4) is 0 Å². The Kier molecular flexibility index (Phi) is 2.35. The molecule has 2 aromatic rings. The highest BCUT2D eigenvalue weighted by molar-refractivity contribution is 5.80. The summed E-state index contributed by atoms with van der Waals surface area (Å²) in [6.45, 7) is 0.793. The minimum Gasteiger partial charge on any atom is -0.399 e. The van der Waals surface area contributed by atoms with Crippen LogP contribution in [0.25, 0.3) is 10.9 Å². The minimum absolute atomic E-state index is 0.0758. The molecule has 3 rings (SSSR count). The number of nitrogens with zero attached hydrogens (tertiary/aromatic N) is 2. The van der Waals surface area contributed by atoms with Crippen LogP contribution >= 0.6 is 0 Å². The Morgan fingerprint density at radius 2 is 2.12 bits per heavy atom. The van der Waals surface area contributed by atoms with Crippen LogP contribution in [0.5, 0.6) is 0 Å². The number of hydrogen-bond acceptors (Lipinski definition) is 3. The highest BCUT2D eigenvalue weighted by Gasteiger charge is 2.13. The first-order valence-electron chi connectivity index (χ1n) is 6.05. The van der Waals surface area contributed by atoms with Crippen LogP contribution in [-0.2, 0) is 13.0 Å². The van der Waals surface area contributed by atoms with Crippen molar-refractivity contribution in [2.45, 2.75) is 32.2 Å². The Hall–Kier alpha value is -1.84. The van der Waals surface area contributed by atoms with Gasteiger partial charge in [0, 0.05) is 18.7 Å². The zero-order valence-electron chi connectivity index (χ0n) is 9.65. The maximum absolute atomic E-state index is 12.3. The van der Waals surface area contributed by atoms with E-state index in [1.54, 1.807) is 18.2 Å². The number of nitrogens with two attached hydrogens (primary N) is 1. The van der Waals surface area contributed by atoms with Gasteiger partial charge >= 0.3 is 0 Å². The van der Waals surface area contributed by atoms with Crippen LogP contribution in [0.3, 0.4) is 0 Å². The molecule has 0 unspecified atom stereocenters. The van der Waals surface area contributed by atoms with E-state index >= 15 is 0 Å². The van der Waals surface area contributed by atoms with Gasteiger partial charge in [0.1, 0.15) is 5.82 Å². The molecule has 4 nitrogen and oxygen atoms in total. The molecule has 2 N–H and O–H groups in total. The lowest BCUT2D eigenvalue weighted by Crippen LogP contribution is -2.24. The number of nitrogen functional groups attached to an aromatic ring is 1. The monoisotopic (exact) mass is 229 g/mol. The van der Waals surface area contributed by atoms with Crippen LogP contribution in [-0.4, -0.2) is 9.55 Å². The molecule has 0 bridgehead atoms. The molecule has 0 spiro atoms. The topological polar surface area (TPSA) is 60.9 Å². The molecule has 1 aliphatic rings. The van der Waals surface area contributed by atoms with Crippen molar-refractivity contribution in [3.05, 3.63) is 34.4 Å². The number of fused-ring (bicyclic) bond motifs is 2. The second kappa shape index (κ2) is 3.87. The average Bonchev–Trinajstić information content (AvgIpc) is 2.54. The van der Waals surface area contributed by atoms with E-state index in [4.69, 9.17) is 5.73 Å². The Morgan fingerprint density at radius 1 is 1.24 bits per heavy atom. The van der Waals surface area contributed by atoms with E-state index in [0.717, 1.165) is 37.1 Å². The van der Waals surface area contributed by atoms with Gasteiger partial charge in [-0.1, -0.05) is 6.42 Å². The summed E-state index contributed by atoms with van der Waals surface area (Å²) in [6, 6.07) is 5.32. The predicted molar refractivity (Wildman–Crippen MR) is 68.0 cm³/mol. The van der Waals surface area contributed by atoms with Crippen LogP contribution in [0.2, 0.25) is 0 Å². The summed E-state index contributed by atoms with van der Waals surface area (Å²) in [4.78, 5) is 16.9. The number of benzene rings is 1. The fourth-order valence-corrected chi connectivity index (χ4v) is 2.44. The highest BCUT2D eigenvalue weighted by Crippen LogP contribution is 2.16. The Bertz CT molecular complexity index is 630. The summed E-state index contributed by atoms with van der Waals surface area (Å²) in [7, 11) is 0. The van der Waals surface area contributed by atoms with Crippen LogP contribution in [0, 0.1) is 0 Å². The molecular weight excluding hydrogens is 214 g/mol. The van der Waals surface area contributed by atoms with Crippen molar-refractivity contribution in [1.29, 1.82) is 0 Å². The van der Waals surface area contributed by atoms with E-state index < -0.39 is 0 Å². The average molecular weight is 229 g/mol. The normalized spacial score (nSPS) is 15.5. The summed E-state index contributed by atoms with van der Waals surface area (Å²) in [5.74, 6) is 0.908. The molecule has 0 radical (unpaired) electrons. The molecule has 1 aromatic heterocycles. The van der Waals surface area contributed by atoms with Crippen molar-refractivity contribution in [2.24, 2.45) is 0 Å². The molecule has 0 atom stereocenters. The van der Waals surface area contributed by atoms with Crippen molar-refractivity contribution < 1.29 is 0 Å². The second-order valence-electron chi connectivity index (χ2n) is 4.57. The number of hydrogen-bond donors (Lipinski definition) is 1. The molecule has 88 valence electrons. The Balaban J connectivity index is 2.33. The van der Waals surface area contributed by atoms with Crippen LogP contribution in [0.4, 0.5) is 5.69 Å². The van der Waals surface area contributed by atoms with Gasteiger partial charge in [0.05, 0.1) is 10.9 Å². The maximum Gasteiger partial charge on any atom is 0.261 e. The van der Waals surface area contributed by atoms with Gasteiger partial charge in [-0.25, -0.2) is 4.98 Å². The number of anilines is 1. The number of aryl methyl sites for hydroxylation is 1. The number of rotatable bonds is 0. The smallest absolute Gasteiger partial charge is 0.261 e. The molecule has 4 heteroatoms. The third-order valence-corrected chi connectivity index (χ3v) is 3.34. The maximum atomic E-state index is 12.3. The van der Waals surface area contributed by atoms with Crippen LogP contribution in [0.1, 0.15) is 25.1 Å². The molecule has 17 heavy (non-hydrogen) atoms. The lowest BCUT2D eigenvalue weighted by molar-refractivity contribution is 0.614. The summed E-state index contributed by atoms with van der Waals surface area (Å²) in [5.41, 5.74) is 7.19. The number of aromatic nitrogens is 2. The fourth-order valence-electron chi connectivity index (χ4n) is 2.44. The standard InChI is InChI=1S/C13H15N3O/c14-9-5-6-10-11(8-9)15-12-4-2-1-3-7-16(12)13(10)17/h5-6,8H,1-4,7,14H2. The summed E-state index contributed by atoms with van der Waals surface area (Å²) >= 11 is 0. The molecule has 0 saturated carbocycles. The van der Waals surface area contributed by atoms with Gasteiger partial charge in [0.2, 0.25) is 0 Å². The third kappa shape index (κ3) is 1.69. The first-order chi connectivity index (χ1) is 8.25. The summed E-state index contributed by atoms with van der Waals surface area (Å²) in [5, 5.41) is 0.671. The second-order valence-corrected chi connectivity index (χ2v) is 4.57. The molecule has 1 aliphatic heterocycles. The minimum atomic E-state index is 0.0758.